The number of hydrogen-bond acceptors (Lipinski definition) is 6. The van der Waals surface area contributed by atoms with Crippen molar-refractivity contribution in [2.24, 2.45) is 0 Å². The topological polar surface area (TPSA) is 64.3 Å². The van der Waals surface area contributed by atoms with E-state index in [0.717, 1.165) is 41.6 Å². The zero-order valence-corrected chi connectivity index (χ0v) is 16.1. The van der Waals surface area contributed by atoms with Gasteiger partial charge in [0, 0.05) is 17.5 Å². The summed E-state index contributed by atoms with van der Waals surface area (Å²) in [6, 6.07) is 14.2. The molecule has 4 aromatic rings. The highest BCUT2D eigenvalue weighted by Gasteiger charge is 2.11. The van der Waals surface area contributed by atoms with Crippen LogP contribution in [0.25, 0.3) is 17.0 Å². The third kappa shape index (κ3) is 3.78. The molecule has 6 nitrogen and oxygen atoms in total. The zero-order valence-electron chi connectivity index (χ0n) is 15.3. The van der Waals surface area contributed by atoms with Crippen LogP contribution in [0, 0.1) is 0 Å². The summed E-state index contributed by atoms with van der Waals surface area (Å²) in [7, 11) is 1.69. The molecule has 3 heterocycles. The first-order valence-corrected chi connectivity index (χ1v) is 9.82. The summed E-state index contributed by atoms with van der Waals surface area (Å²) in [5.74, 6) is 2.92. The SMILES string of the molecule is COc1ccc(C(C)CCNc2ccc3nnc(-c4ccsc4)n3n2)cc1. The van der Waals surface area contributed by atoms with E-state index in [-0.39, 0.29) is 0 Å². The summed E-state index contributed by atoms with van der Waals surface area (Å²) < 4.78 is 7.01. The Morgan fingerprint density at radius 3 is 2.70 bits per heavy atom. The van der Waals surface area contributed by atoms with Gasteiger partial charge >= 0.3 is 0 Å². The molecule has 0 saturated heterocycles. The van der Waals surface area contributed by atoms with Crippen molar-refractivity contribution >= 4 is 22.8 Å². The van der Waals surface area contributed by atoms with E-state index in [0.29, 0.717) is 5.92 Å². The molecular formula is C20H21N5OS. The fourth-order valence-corrected chi connectivity index (χ4v) is 3.61. The van der Waals surface area contributed by atoms with Gasteiger partial charge in [0.2, 0.25) is 0 Å². The number of hydrogen-bond donors (Lipinski definition) is 1. The van der Waals surface area contributed by atoms with Gasteiger partial charge in [-0.05, 0) is 53.6 Å². The Morgan fingerprint density at radius 2 is 1.96 bits per heavy atom. The normalized spacial score (nSPS) is 12.2. The van der Waals surface area contributed by atoms with E-state index in [2.05, 4.69) is 45.0 Å². The van der Waals surface area contributed by atoms with Crippen molar-refractivity contribution < 1.29 is 4.74 Å². The first-order chi connectivity index (χ1) is 13.2. The van der Waals surface area contributed by atoms with Gasteiger partial charge < -0.3 is 10.1 Å². The van der Waals surface area contributed by atoms with Gasteiger partial charge in [-0.15, -0.1) is 15.3 Å². The summed E-state index contributed by atoms with van der Waals surface area (Å²) in [4.78, 5) is 0. The highest BCUT2D eigenvalue weighted by Crippen LogP contribution is 2.23. The van der Waals surface area contributed by atoms with E-state index in [1.807, 2.05) is 35.7 Å². The van der Waals surface area contributed by atoms with Gasteiger partial charge in [-0.2, -0.15) is 15.9 Å². The molecule has 0 bridgehead atoms. The molecule has 0 amide bonds. The van der Waals surface area contributed by atoms with Crippen molar-refractivity contribution in [3.63, 3.8) is 0 Å². The van der Waals surface area contributed by atoms with Crippen LogP contribution >= 0.6 is 11.3 Å². The molecule has 27 heavy (non-hydrogen) atoms. The first kappa shape index (κ1) is 17.5. The van der Waals surface area contributed by atoms with Crippen molar-refractivity contribution in [1.82, 2.24) is 19.8 Å². The molecule has 3 aromatic heterocycles. The predicted molar refractivity (Wildman–Crippen MR) is 109 cm³/mol. The number of nitrogens with one attached hydrogen (secondary N) is 1. The average molecular weight is 379 g/mol. The van der Waals surface area contributed by atoms with Crippen molar-refractivity contribution in [1.29, 1.82) is 0 Å². The standard InChI is InChI=1S/C20H21N5OS/c1-14(15-3-5-17(26-2)6-4-15)9-11-21-18-7-8-19-22-23-20(25(19)24-18)16-10-12-27-13-16/h3-8,10,12-14H,9,11H2,1-2H3,(H,21,24). The fourth-order valence-electron chi connectivity index (χ4n) is 2.97. The highest BCUT2D eigenvalue weighted by atomic mass is 32.1. The van der Waals surface area contributed by atoms with Crippen molar-refractivity contribution in [3.05, 3.63) is 58.8 Å². The lowest BCUT2D eigenvalue weighted by atomic mass is 9.98. The second-order valence-corrected chi connectivity index (χ2v) is 7.19. The lowest BCUT2D eigenvalue weighted by Gasteiger charge is -2.13. The minimum absolute atomic E-state index is 0.448. The van der Waals surface area contributed by atoms with Gasteiger partial charge in [0.1, 0.15) is 11.6 Å². The van der Waals surface area contributed by atoms with E-state index in [9.17, 15) is 0 Å². The monoisotopic (exact) mass is 379 g/mol. The van der Waals surface area contributed by atoms with E-state index >= 15 is 0 Å². The predicted octanol–water partition coefficient (Wildman–Crippen LogP) is 4.47. The molecule has 0 fully saturated rings. The Bertz CT molecular complexity index is 1010. The summed E-state index contributed by atoms with van der Waals surface area (Å²) in [5.41, 5.74) is 3.08. The number of anilines is 1. The Labute approximate surface area is 161 Å². The number of nitrogens with zero attached hydrogens (tertiary/aromatic N) is 4. The maximum Gasteiger partial charge on any atom is 0.186 e. The van der Waals surface area contributed by atoms with Crippen LogP contribution in [0.4, 0.5) is 5.82 Å². The largest absolute Gasteiger partial charge is 0.497 e. The number of methoxy groups -OCH3 is 1. The molecule has 1 atom stereocenters. The molecule has 1 unspecified atom stereocenters. The molecular weight excluding hydrogens is 358 g/mol. The average Bonchev–Trinajstić information content (AvgIpc) is 3.37. The van der Waals surface area contributed by atoms with Crippen LogP contribution in [0.5, 0.6) is 5.75 Å². The molecule has 0 aliphatic heterocycles. The zero-order chi connectivity index (χ0) is 18.6. The van der Waals surface area contributed by atoms with Crippen molar-refractivity contribution in [2.45, 2.75) is 19.3 Å². The molecule has 7 heteroatoms. The van der Waals surface area contributed by atoms with Gasteiger partial charge in [-0.3, -0.25) is 0 Å². The number of rotatable bonds is 7. The Morgan fingerprint density at radius 1 is 1.11 bits per heavy atom. The summed E-state index contributed by atoms with van der Waals surface area (Å²) in [6.07, 6.45) is 1.01. The van der Waals surface area contributed by atoms with E-state index in [1.54, 1.807) is 23.0 Å². The molecule has 4 rings (SSSR count). The van der Waals surface area contributed by atoms with Crippen LogP contribution in [-0.4, -0.2) is 33.5 Å². The fraction of sp³-hybridized carbons (Fsp3) is 0.250. The summed E-state index contributed by atoms with van der Waals surface area (Å²) in [6.45, 7) is 3.07. The number of aromatic nitrogens is 4. The first-order valence-electron chi connectivity index (χ1n) is 8.87. The smallest absolute Gasteiger partial charge is 0.186 e. The second kappa shape index (κ2) is 7.75. The molecule has 0 saturated carbocycles. The minimum atomic E-state index is 0.448. The van der Waals surface area contributed by atoms with Crippen LogP contribution in [0.2, 0.25) is 0 Å². The quantitative estimate of drug-likeness (QED) is 0.513. The number of ether oxygens (including phenoxy) is 1. The maximum atomic E-state index is 5.22. The van der Waals surface area contributed by atoms with E-state index in [1.165, 1.54) is 5.56 Å². The molecule has 0 aliphatic carbocycles. The maximum absolute atomic E-state index is 5.22. The van der Waals surface area contributed by atoms with Gasteiger partial charge in [0.05, 0.1) is 7.11 Å². The Hall–Kier alpha value is -2.93. The third-order valence-corrected chi connectivity index (χ3v) is 5.29. The van der Waals surface area contributed by atoms with Crippen LogP contribution in [0.3, 0.4) is 0 Å². The second-order valence-electron chi connectivity index (χ2n) is 6.41. The lowest BCUT2D eigenvalue weighted by Crippen LogP contribution is -2.09. The highest BCUT2D eigenvalue weighted by molar-refractivity contribution is 7.08. The number of thiophene rings is 1. The van der Waals surface area contributed by atoms with Gasteiger partial charge in [0.25, 0.3) is 0 Å². The molecule has 1 aromatic carbocycles. The van der Waals surface area contributed by atoms with Gasteiger partial charge in [-0.1, -0.05) is 19.1 Å². The van der Waals surface area contributed by atoms with Gasteiger partial charge in [-0.25, -0.2) is 0 Å². The molecule has 0 aliphatic rings. The van der Waals surface area contributed by atoms with Crippen molar-refractivity contribution in [2.75, 3.05) is 19.0 Å². The van der Waals surface area contributed by atoms with Crippen molar-refractivity contribution in [3.8, 4) is 17.1 Å². The number of benzene rings is 1. The van der Waals surface area contributed by atoms with Crippen LogP contribution in [-0.2, 0) is 0 Å². The molecule has 0 radical (unpaired) electrons. The lowest BCUT2D eigenvalue weighted by molar-refractivity contribution is 0.414. The molecule has 1 N–H and O–H groups in total. The van der Waals surface area contributed by atoms with Crippen LogP contribution < -0.4 is 10.1 Å². The van der Waals surface area contributed by atoms with Gasteiger partial charge in [0.15, 0.2) is 11.5 Å². The van der Waals surface area contributed by atoms with E-state index in [4.69, 9.17) is 4.74 Å². The van der Waals surface area contributed by atoms with Crippen LogP contribution in [0.1, 0.15) is 24.8 Å². The Balaban J connectivity index is 1.42. The minimum Gasteiger partial charge on any atom is -0.497 e. The molecule has 138 valence electrons. The molecule has 0 spiro atoms. The summed E-state index contributed by atoms with van der Waals surface area (Å²) in [5, 5.41) is 20.6. The third-order valence-electron chi connectivity index (χ3n) is 4.61. The van der Waals surface area contributed by atoms with E-state index < -0.39 is 0 Å². The summed E-state index contributed by atoms with van der Waals surface area (Å²) >= 11 is 1.64. The van der Waals surface area contributed by atoms with Crippen LogP contribution in [0.15, 0.2) is 53.2 Å². The number of fused-ring (bicyclic) bond motifs is 1. The Kier molecular flexibility index (Phi) is 5.02.